The maximum Gasteiger partial charge on any atom is 0.325 e. The van der Waals surface area contributed by atoms with E-state index in [-0.39, 0.29) is 24.7 Å². The Morgan fingerprint density at radius 3 is 2.53 bits per heavy atom. The molecule has 0 saturated carbocycles. The molecule has 106 valence electrons. The molecular formula is C13H21N3O3. The molecule has 0 unspecified atom stereocenters. The number of hydrogen-bond donors (Lipinski definition) is 0. The third-order valence-corrected chi connectivity index (χ3v) is 2.43. The molecule has 0 fully saturated rings. The quantitative estimate of drug-likeness (QED) is 0.730. The average molecular weight is 267 g/mol. The standard InChI is InChI=1S/C13H21N3O3/c1-9(2)16(7-13(17)18-5)11-6-12(15-8-14-11)19-10(3)4/h6,8-10H,7H2,1-5H3. The van der Waals surface area contributed by atoms with Crippen molar-refractivity contribution in [1.29, 1.82) is 0 Å². The Morgan fingerprint density at radius 2 is 2.00 bits per heavy atom. The molecule has 1 heterocycles. The molecule has 1 aromatic heterocycles. The molecule has 0 radical (unpaired) electrons. The Bertz CT molecular complexity index is 421. The highest BCUT2D eigenvalue weighted by Crippen LogP contribution is 2.18. The predicted octanol–water partition coefficient (Wildman–Crippen LogP) is 1.65. The minimum Gasteiger partial charge on any atom is -0.475 e. The predicted molar refractivity (Wildman–Crippen MR) is 72.3 cm³/mol. The second kappa shape index (κ2) is 6.92. The first-order valence-electron chi connectivity index (χ1n) is 6.26. The summed E-state index contributed by atoms with van der Waals surface area (Å²) in [6.07, 6.45) is 1.47. The summed E-state index contributed by atoms with van der Waals surface area (Å²) in [4.78, 5) is 21.5. The number of rotatable bonds is 6. The van der Waals surface area contributed by atoms with Crippen molar-refractivity contribution in [3.05, 3.63) is 12.4 Å². The summed E-state index contributed by atoms with van der Waals surface area (Å²) in [6.45, 7) is 7.96. The van der Waals surface area contributed by atoms with Gasteiger partial charge < -0.3 is 14.4 Å². The zero-order valence-corrected chi connectivity index (χ0v) is 12.1. The van der Waals surface area contributed by atoms with Gasteiger partial charge in [-0.15, -0.1) is 0 Å². The fourth-order valence-corrected chi connectivity index (χ4v) is 1.52. The van der Waals surface area contributed by atoms with Crippen molar-refractivity contribution < 1.29 is 14.3 Å². The van der Waals surface area contributed by atoms with Gasteiger partial charge in [0.25, 0.3) is 0 Å². The van der Waals surface area contributed by atoms with Crippen molar-refractivity contribution in [3.63, 3.8) is 0 Å². The van der Waals surface area contributed by atoms with Gasteiger partial charge >= 0.3 is 5.97 Å². The summed E-state index contributed by atoms with van der Waals surface area (Å²) in [7, 11) is 1.37. The van der Waals surface area contributed by atoms with Gasteiger partial charge in [-0.3, -0.25) is 4.79 Å². The van der Waals surface area contributed by atoms with Crippen molar-refractivity contribution in [2.24, 2.45) is 0 Å². The number of nitrogens with zero attached hydrogens (tertiary/aromatic N) is 3. The van der Waals surface area contributed by atoms with Crippen LogP contribution in [0.15, 0.2) is 12.4 Å². The van der Waals surface area contributed by atoms with E-state index >= 15 is 0 Å². The second-order valence-electron chi connectivity index (χ2n) is 4.68. The molecule has 1 rings (SSSR count). The van der Waals surface area contributed by atoms with Gasteiger partial charge in [-0.05, 0) is 27.7 Å². The van der Waals surface area contributed by atoms with E-state index in [1.807, 2.05) is 32.6 Å². The molecule has 0 atom stereocenters. The Kier molecular flexibility index (Phi) is 5.54. The van der Waals surface area contributed by atoms with Crippen LogP contribution >= 0.6 is 0 Å². The van der Waals surface area contributed by atoms with E-state index in [4.69, 9.17) is 9.47 Å². The number of ether oxygens (including phenoxy) is 2. The smallest absolute Gasteiger partial charge is 0.325 e. The lowest BCUT2D eigenvalue weighted by molar-refractivity contribution is -0.139. The van der Waals surface area contributed by atoms with E-state index in [1.165, 1.54) is 13.4 Å². The van der Waals surface area contributed by atoms with Crippen LogP contribution in [0.2, 0.25) is 0 Å². The summed E-state index contributed by atoms with van der Waals surface area (Å²) in [6, 6.07) is 1.84. The molecule has 19 heavy (non-hydrogen) atoms. The normalized spacial score (nSPS) is 10.7. The second-order valence-corrected chi connectivity index (χ2v) is 4.68. The molecule has 0 spiro atoms. The summed E-state index contributed by atoms with van der Waals surface area (Å²) in [5.41, 5.74) is 0. The Labute approximate surface area is 113 Å². The largest absolute Gasteiger partial charge is 0.475 e. The molecular weight excluding hydrogens is 246 g/mol. The monoisotopic (exact) mass is 267 g/mol. The van der Waals surface area contributed by atoms with E-state index in [2.05, 4.69) is 9.97 Å². The van der Waals surface area contributed by atoms with Crippen LogP contribution in [0.4, 0.5) is 5.82 Å². The van der Waals surface area contributed by atoms with Gasteiger partial charge in [0.15, 0.2) is 0 Å². The van der Waals surface area contributed by atoms with E-state index in [1.54, 1.807) is 6.07 Å². The van der Waals surface area contributed by atoms with E-state index < -0.39 is 0 Å². The summed E-state index contributed by atoms with van der Waals surface area (Å²) in [5, 5.41) is 0. The van der Waals surface area contributed by atoms with Gasteiger partial charge in [0.2, 0.25) is 5.88 Å². The number of hydrogen-bond acceptors (Lipinski definition) is 6. The first-order valence-corrected chi connectivity index (χ1v) is 6.26. The number of methoxy groups -OCH3 is 1. The zero-order valence-electron chi connectivity index (χ0n) is 12.1. The number of carbonyl (C=O) groups excluding carboxylic acids is 1. The van der Waals surface area contributed by atoms with Crippen molar-refractivity contribution in [3.8, 4) is 5.88 Å². The van der Waals surface area contributed by atoms with Crippen molar-refractivity contribution >= 4 is 11.8 Å². The van der Waals surface area contributed by atoms with E-state index in [0.29, 0.717) is 11.7 Å². The molecule has 1 aromatic rings. The van der Waals surface area contributed by atoms with Gasteiger partial charge in [-0.25, -0.2) is 9.97 Å². The molecule has 0 amide bonds. The molecule has 6 nitrogen and oxygen atoms in total. The molecule has 0 aliphatic rings. The van der Waals surface area contributed by atoms with Crippen molar-refractivity contribution in [2.75, 3.05) is 18.6 Å². The van der Waals surface area contributed by atoms with Crippen LogP contribution in [-0.2, 0) is 9.53 Å². The fraction of sp³-hybridized carbons (Fsp3) is 0.615. The van der Waals surface area contributed by atoms with E-state index in [9.17, 15) is 4.79 Å². The van der Waals surface area contributed by atoms with Crippen molar-refractivity contribution in [2.45, 2.75) is 39.8 Å². The van der Waals surface area contributed by atoms with Gasteiger partial charge in [0.05, 0.1) is 13.2 Å². The highest BCUT2D eigenvalue weighted by atomic mass is 16.5. The Hall–Kier alpha value is -1.85. The maximum absolute atomic E-state index is 11.4. The van der Waals surface area contributed by atoms with Crippen LogP contribution in [0.25, 0.3) is 0 Å². The van der Waals surface area contributed by atoms with Gasteiger partial charge in [0.1, 0.15) is 18.7 Å². The number of esters is 1. The molecule has 0 saturated heterocycles. The van der Waals surface area contributed by atoms with Crippen LogP contribution in [-0.4, -0.2) is 41.7 Å². The van der Waals surface area contributed by atoms with Crippen LogP contribution in [0.3, 0.4) is 0 Å². The van der Waals surface area contributed by atoms with Gasteiger partial charge in [-0.1, -0.05) is 0 Å². The SMILES string of the molecule is COC(=O)CN(c1cc(OC(C)C)ncn1)C(C)C. The van der Waals surface area contributed by atoms with Crippen LogP contribution in [0.5, 0.6) is 5.88 Å². The van der Waals surface area contributed by atoms with Crippen LogP contribution in [0, 0.1) is 0 Å². The summed E-state index contributed by atoms with van der Waals surface area (Å²) in [5.74, 6) is 0.834. The lowest BCUT2D eigenvalue weighted by Gasteiger charge is -2.26. The van der Waals surface area contributed by atoms with Gasteiger partial charge in [0, 0.05) is 12.1 Å². The lowest BCUT2D eigenvalue weighted by atomic mass is 10.3. The minimum absolute atomic E-state index is 0.0378. The summed E-state index contributed by atoms with van der Waals surface area (Å²) < 4.78 is 10.2. The number of carbonyl (C=O) groups is 1. The zero-order chi connectivity index (χ0) is 14.4. The Balaban J connectivity index is 2.92. The minimum atomic E-state index is -0.307. The summed E-state index contributed by atoms with van der Waals surface area (Å²) >= 11 is 0. The third-order valence-electron chi connectivity index (χ3n) is 2.43. The van der Waals surface area contributed by atoms with Gasteiger partial charge in [-0.2, -0.15) is 0 Å². The Morgan fingerprint density at radius 1 is 1.32 bits per heavy atom. The average Bonchev–Trinajstić information content (AvgIpc) is 2.34. The lowest BCUT2D eigenvalue weighted by Crippen LogP contribution is -2.36. The maximum atomic E-state index is 11.4. The highest BCUT2D eigenvalue weighted by Gasteiger charge is 2.17. The number of aromatic nitrogens is 2. The third kappa shape index (κ3) is 4.73. The van der Waals surface area contributed by atoms with Crippen LogP contribution < -0.4 is 9.64 Å². The van der Waals surface area contributed by atoms with Crippen molar-refractivity contribution in [1.82, 2.24) is 9.97 Å². The molecule has 0 aromatic carbocycles. The first-order chi connectivity index (χ1) is 8.93. The van der Waals surface area contributed by atoms with E-state index in [0.717, 1.165) is 0 Å². The van der Waals surface area contributed by atoms with Crippen LogP contribution in [0.1, 0.15) is 27.7 Å². The fourth-order valence-electron chi connectivity index (χ4n) is 1.52. The number of anilines is 1. The highest BCUT2D eigenvalue weighted by molar-refractivity contribution is 5.75. The topological polar surface area (TPSA) is 64.5 Å². The molecule has 0 aliphatic heterocycles. The molecule has 0 N–H and O–H groups in total. The molecule has 0 aliphatic carbocycles. The molecule has 6 heteroatoms. The first kappa shape index (κ1) is 15.2. The molecule has 0 bridgehead atoms.